The maximum Gasteiger partial charge on any atom is 0.229 e. The van der Waals surface area contributed by atoms with Crippen molar-refractivity contribution in [3.05, 3.63) is 64.8 Å². The Hall–Kier alpha value is -2.93. The first-order valence-electron chi connectivity index (χ1n) is 7.62. The monoisotopic (exact) mass is 376 g/mol. The van der Waals surface area contributed by atoms with Crippen molar-refractivity contribution in [1.82, 2.24) is 9.97 Å². The second kappa shape index (κ2) is 7.53. The summed E-state index contributed by atoms with van der Waals surface area (Å²) in [4.78, 5) is 8.46. The molecule has 0 amide bonds. The van der Waals surface area contributed by atoms with Crippen molar-refractivity contribution in [1.29, 1.82) is 0 Å². The van der Waals surface area contributed by atoms with Gasteiger partial charge in [-0.15, -0.1) is 0 Å². The molecule has 0 spiro atoms. The minimum atomic E-state index is -0.941. The van der Waals surface area contributed by atoms with Crippen molar-refractivity contribution >= 4 is 34.7 Å². The predicted molar refractivity (Wildman–Crippen MR) is 97.7 cm³/mol. The third kappa shape index (κ3) is 4.00. The smallest absolute Gasteiger partial charge is 0.229 e. The van der Waals surface area contributed by atoms with Gasteiger partial charge in [0.1, 0.15) is 11.6 Å². The number of nitrogens with zero attached hydrogens (tertiary/aromatic N) is 2. The molecule has 0 bridgehead atoms. The van der Waals surface area contributed by atoms with E-state index in [9.17, 15) is 8.78 Å². The number of hydrogen-bond donors (Lipinski definition) is 2. The van der Waals surface area contributed by atoms with Gasteiger partial charge in [0.05, 0.1) is 12.8 Å². The van der Waals surface area contributed by atoms with Crippen LogP contribution in [0.1, 0.15) is 5.56 Å². The minimum absolute atomic E-state index is 0.303. The summed E-state index contributed by atoms with van der Waals surface area (Å²) in [6, 6.07) is 8.63. The lowest BCUT2D eigenvalue weighted by atomic mass is 10.2. The SMILES string of the molecule is COc1cc(Cl)c(C)cc1Nc1nccc(Nc2ccc(F)c(F)c2)n1. The molecule has 0 aliphatic heterocycles. The van der Waals surface area contributed by atoms with Crippen molar-refractivity contribution in [2.24, 2.45) is 0 Å². The lowest BCUT2D eigenvalue weighted by molar-refractivity contribution is 0.416. The number of aromatic nitrogens is 2. The maximum absolute atomic E-state index is 13.3. The van der Waals surface area contributed by atoms with Gasteiger partial charge >= 0.3 is 0 Å². The van der Waals surface area contributed by atoms with Crippen LogP contribution in [-0.4, -0.2) is 17.1 Å². The molecule has 3 aromatic rings. The highest BCUT2D eigenvalue weighted by atomic mass is 35.5. The molecule has 3 rings (SSSR count). The van der Waals surface area contributed by atoms with Gasteiger partial charge in [-0.2, -0.15) is 4.98 Å². The molecule has 1 heterocycles. The topological polar surface area (TPSA) is 59.1 Å². The number of hydrogen-bond acceptors (Lipinski definition) is 5. The van der Waals surface area contributed by atoms with Crippen LogP contribution >= 0.6 is 11.6 Å². The van der Waals surface area contributed by atoms with Crippen LogP contribution in [0.25, 0.3) is 0 Å². The summed E-state index contributed by atoms with van der Waals surface area (Å²) in [7, 11) is 1.54. The van der Waals surface area contributed by atoms with E-state index in [0.717, 1.165) is 17.7 Å². The van der Waals surface area contributed by atoms with Crippen molar-refractivity contribution < 1.29 is 13.5 Å². The Balaban J connectivity index is 1.83. The summed E-state index contributed by atoms with van der Waals surface area (Å²) in [5.41, 5.74) is 1.89. The van der Waals surface area contributed by atoms with Crippen LogP contribution in [0.15, 0.2) is 42.6 Å². The second-order valence-corrected chi connectivity index (χ2v) is 5.85. The molecule has 0 unspecified atom stereocenters. The van der Waals surface area contributed by atoms with E-state index in [1.54, 1.807) is 12.1 Å². The van der Waals surface area contributed by atoms with E-state index >= 15 is 0 Å². The standard InChI is InChI=1S/C18H15ClF2N4O/c1-10-7-15(16(26-2)9-12(10)19)24-18-22-6-5-17(25-18)23-11-3-4-13(20)14(21)8-11/h3-9H,1-2H3,(H2,22,23,24,25). The molecule has 0 fully saturated rings. The highest BCUT2D eigenvalue weighted by Crippen LogP contribution is 2.32. The van der Waals surface area contributed by atoms with Crippen molar-refractivity contribution in [3.8, 4) is 5.75 Å². The number of rotatable bonds is 5. The zero-order valence-electron chi connectivity index (χ0n) is 14.0. The fourth-order valence-corrected chi connectivity index (χ4v) is 2.41. The highest BCUT2D eigenvalue weighted by molar-refractivity contribution is 6.31. The fraction of sp³-hybridized carbons (Fsp3) is 0.111. The summed E-state index contributed by atoms with van der Waals surface area (Å²) in [6.45, 7) is 1.87. The number of methoxy groups -OCH3 is 1. The van der Waals surface area contributed by atoms with E-state index in [0.29, 0.717) is 33.9 Å². The number of nitrogens with one attached hydrogen (secondary N) is 2. The van der Waals surface area contributed by atoms with Gasteiger partial charge in [-0.05, 0) is 36.8 Å². The molecule has 2 N–H and O–H groups in total. The molecule has 0 aliphatic carbocycles. The molecular weight excluding hydrogens is 362 g/mol. The van der Waals surface area contributed by atoms with Gasteiger partial charge in [0.15, 0.2) is 11.6 Å². The molecule has 0 saturated heterocycles. The van der Waals surface area contributed by atoms with Crippen LogP contribution in [0.2, 0.25) is 5.02 Å². The second-order valence-electron chi connectivity index (χ2n) is 5.45. The molecule has 8 heteroatoms. The van der Waals surface area contributed by atoms with Gasteiger partial charge in [-0.25, -0.2) is 13.8 Å². The Bertz CT molecular complexity index is 952. The first-order valence-corrected chi connectivity index (χ1v) is 8.00. The molecule has 0 radical (unpaired) electrons. The van der Waals surface area contributed by atoms with Gasteiger partial charge in [-0.1, -0.05) is 11.6 Å². The average molecular weight is 377 g/mol. The highest BCUT2D eigenvalue weighted by Gasteiger charge is 2.09. The van der Waals surface area contributed by atoms with Crippen molar-refractivity contribution in [3.63, 3.8) is 0 Å². The van der Waals surface area contributed by atoms with Crippen LogP contribution in [0, 0.1) is 18.6 Å². The van der Waals surface area contributed by atoms with Gasteiger partial charge < -0.3 is 15.4 Å². The first-order chi connectivity index (χ1) is 12.5. The fourth-order valence-electron chi connectivity index (χ4n) is 2.26. The summed E-state index contributed by atoms with van der Waals surface area (Å²) in [6.07, 6.45) is 1.53. The Morgan fingerprint density at radius 1 is 1.04 bits per heavy atom. The molecule has 134 valence electrons. The van der Waals surface area contributed by atoms with Crippen molar-refractivity contribution in [2.45, 2.75) is 6.92 Å². The lowest BCUT2D eigenvalue weighted by Crippen LogP contribution is -2.02. The number of benzene rings is 2. The van der Waals surface area contributed by atoms with Crippen LogP contribution in [0.3, 0.4) is 0 Å². The van der Waals surface area contributed by atoms with Crippen LogP contribution in [0.4, 0.5) is 31.9 Å². The third-order valence-corrected chi connectivity index (χ3v) is 3.98. The van der Waals surface area contributed by atoms with E-state index in [1.165, 1.54) is 19.4 Å². The van der Waals surface area contributed by atoms with Crippen molar-refractivity contribution in [2.75, 3.05) is 17.7 Å². The van der Waals surface area contributed by atoms with Gasteiger partial charge in [-0.3, -0.25) is 0 Å². The number of halogens is 3. The van der Waals surface area contributed by atoms with E-state index in [1.807, 2.05) is 13.0 Å². The third-order valence-electron chi connectivity index (χ3n) is 3.57. The van der Waals surface area contributed by atoms with Gasteiger partial charge in [0, 0.05) is 29.0 Å². The molecule has 2 aromatic carbocycles. The summed E-state index contributed by atoms with van der Waals surface area (Å²) in [5, 5.41) is 6.54. The van der Waals surface area contributed by atoms with E-state index in [4.69, 9.17) is 16.3 Å². The Morgan fingerprint density at radius 2 is 1.85 bits per heavy atom. The Morgan fingerprint density at radius 3 is 2.58 bits per heavy atom. The largest absolute Gasteiger partial charge is 0.495 e. The summed E-state index contributed by atoms with van der Waals surface area (Å²) in [5.74, 6) is -0.589. The van der Waals surface area contributed by atoms with Crippen LogP contribution in [-0.2, 0) is 0 Å². The zero-order chi connectivity index (χ0) is 18.7. The van der Waals surface area contributed by atoms with Crippen LogP contribution < -0.4 is 15.4 Å². The average Bonchev–Trinajstić information content (AvgIpc) is 2.61. The molecule has 1 aromatic heterocycles. The molecular formula is C18H15ClF2N4O. The normalized spacial score (nSPS) is 10.5. The van der Waals surface area contributed by atoms with Crippen LogP contribution in [0.5, 0.6) is 5.75 Å². The Kier molecular flexibility index (Phi) is 5.18. The molecule has 26 heavy (non-hydrogen) atoms. The Labute approximate surface area is 154 Å². The first kappa shape index (κ1) is 17.9. The number of ether oxygens (including phenoxy) is 1. The van der Waals surface area contributed by atoms with Gasteiger partial charge in [0.2, 0.25) is 5.95 Å². The van der Waals surface area contributed by atoms with E-state index < -0.39 is 11.6 Å². The summed E-state index contributed by atoms with van der Waals surface area (Å²) >= 11 is 6.10. The maximum atomic E-state index is 13.3. The number of anilines is 4. The summed E-state index contributed by atoms with van der Waals surface area (Å²) < 4.78 is 31.6. The minimum Gasteiger partial charge on any atom is -0.495 e. The molecule has 0 atom stereocenters. The molecule has 5 nitrogen and oxygen atoms in total. The van der Waals surface area contributed by atoms with E-state index in [-0.39, 0.29) is 0 Å². The molecule has 0 aliphatic rings. The lowest BCUT2D eigenvalue weighted by Gasteiger charge is -2.13. The predicted octanol–water partition coefficient (Wildman–Crippen LogP) is 5.21. The van der Waals surface area contributed by atoms with E-state index in [2.05, 4.69) is 20.6 Å². The van der Waals surface area contributed by atoms with Gasteiger partial charge in [0.25, 0.3) is 0 Å². The molecule has 0 saturated carbocycles. The number of aryl methyl sites for hydroxylation is 1. The zero-order valence-corrected chi connectivity index (χ0v) is 14.7. The quantitative estimate of drug-likeness (QED) is 0.640.